The molecule has 9 heteroatoms. The lowest BCUT2D eigenvalue weighted by molar-refractivity contribution is 0.0951. The van der Waals surface area contributed by atoms with E-state index in [2.05, 4.69) is 20.2 Å². The summed E-state index contributed by atoms with van der Waals surface area (Å²) in [5, 5.41) is 2.57. The lowest BCUT2D eigenvalue weighted by Gasteiger charge is -2.34. The highest BCUT2D eigenvalue weighted by Gasteiger charge is 2.34. The van der Waals surface area contributed by atoms with Crippen molar-refractivity contribution < 1.29 is 17.6 Å². The minimum Gasteiger partial charge on any atom is -0.441 e. The Balaban J connectivity index is 1.19. The molecule has 1 saturated carbocycles. The lowest BCUT2D eigenvalue weighted by Crippen LogP contribution is -2.39. The molecular weight excluding hydrogens is 488 g/mol. The molecule has 1 aromatic carbocycles. The average Bonchev–Trinajstić information content (AvgIpc) is 3.58. The zero-order valence-corrected chi connectivity index (χ0v) is 22.0. The molecule has 2 fully saturated rings. The van der Waals surface area contributed by atoms with Gasteiger partial charge in [-0.15, -0.1) is 0 Å². The summed E-state index contributed by atoms with van der Waals surface area (Å²) in [6, 6.07) is 11.2. The number of carbonyl (C=O) groups is 1. The van der Waals surface area contributed by atoms with Crippen LogP contribution in [0.4, 0.5) is 0 Å². The number of sulfone groups is 1. The maximum absolute atomic E-state index is 13.2. The van der Waals surface area contributed by atoms with Crippen LogP contribution in [0.2, 0.25) is 0 Å². The molecule has 37 heavy (non-hydrogen) atoms. The van der Waals surface area contributed by atoms with Crippen LogP contribution in [0.1, 0.15) is 65.9 Å². The van der Waals surface area contributed by atoms with E-state index < -0.39 is 9.84 Å². The maximum atomic E-state index is 13.2. The Bertz CT molecular complexity index is 1310. The van der Waals surface area contributed by atoms with Crippen molar-refractivity contribution in [3.05, 3.63) is 71.4 Å². The van der Waals surface area contributed by atoms with Crippen LogP contribution in [0.15, 0.2) is 53.2 Å². The van der Waals surface area contributed by atoms with Crippen molar-refractivity contribution in [2.75, 3.05) is 13.1 Å². The summed E-state index contributed by atoms with van der Waals surface area (Å²) in [5.74, 6) is 0.589. The van der Waals surface area contributed by atoms with E-state index in [0.717, 1.165) is 44.3 Å². The van der Waals surface area contributed by atoms with Crippen molar-refractivity contribution in [1.82, 2.24) is 20.2 Å². The van der Waals surface area contributed by atoms with Crippen LogP contribution >= 0.6 is 0 Å². The van der Waals surface area contributed by atoms with Gasteiger partial charge in [0.25, 0.3) is 5.91 Å². The SMILES string of the molecule is Cc1oc(-c2ccc(C(=O)NCc3cccnc3)cc2)nc1CS(=O)(=O)[C@H]1CC[C@H](N2CCCC2)CC1. The number of amides is 1. The highest BCUT2D eigenvalue weighted by atomic mass is 32.2. The Morgan fingerprint density at radius 3 is 2.49 bits per heavy atom. The predicted molar refractivity (Wildman–Crippen MR) is 142 cm³/mol. The van der Waals surface area contributed by atoms with Crippen molar-refractivity contribution >= 4 is 15.7 Å². The molecule has 2 aromatic heterocycles. The number of nitrogens with zero attached hydrogens (tertiary/aromatic N) is 3. The molecule has 196 valence electrons. The van der Waals surface area contributed by atoms with E-state index in [1.807, 2.05) is 12.1 Å². The maximum Gasteiger partial charge on any atom is 0.251 e. The molecule has 8 nitrogen and oxygen atoms in total. The number of hydrogen-bond acceptors (Lipinski definition) is 7. The van der Waals surface area contributed by atoms with Crippen LogP contribution in [-0.2, 0) is 22.1 Å². The third-order valence-corrected chi connectivity index (χ3v) is 9.77. The van der Waals surface area contributed by atoms with Crippen molar-refractivity contribution in [3.8, 4) is 11.5 Å². The van der Waals surface area contributed by atoms with Gasteiger partial charge in [0.1, 0.15) is 5.76 Å². The molecule has 1 N–H and O–H groups in total. The fourth-order valence-corrected chi connectivity index (χ4v) is 7.30. The third kappa shape index (κ3) is 6.10. The first-order valence-corrected chi connectivity index (χ1v) is 14.8. The normalized spacial score (nSPS) is 20.7. The fraction of sp³-hybridized carbons (Fsp3) is 0.464. The summed E-state index contributed by atoms with van der Waals surface area (Å²) < 4.78 is 32.3. The number of hydrogen-bond donors (Lipinski definition) is 1. The van der Waals surface area contributed by atoms with Gasteiger partial charge in [0.15, 0.2) is 9.84 Å². The predicted octanol–water partition coefficient (Wildman–Crippen LogP) is 4.30. The zero-order valence-electron chi connectivity index (χ0n) is 21.2. The number of benzene rings is 1. The summed E-state index contributed by atoms with van der Waals surface area (Å²) in [4.78, 5) is 23.6. The number of nitrogens with one attached hydrogen (secondary N) is 1. The topological polar surface area (TPSA) is 105 Å². The first-order chi connectivity index (χ1) is 17.9. The van der Waals surface area contributed by atoms with Crippen LogP contribution in [0.3, 0.4) is 0 Å². The second-order valence-electron chi connectivity index (χ2n) is 10.1. The van der Waals surface area contributed by atoms with Gasteiger partial charge in [-0.3, -0.25) is 9.78 Å². The van der Waals surface area contributed by atoms with Gasteiger partial charge in [-0.05, 0) is 94.4 Å². The van der Waals surface area contributed by atoms with Gasteiger partial charge >= 0.3 is 0 Å². The number of oxazole rings is 1. The Labute approximate surface area is 218 Å². The second kappa shape index (κ2) is 11.1. The summed E-state index contributed by atoms with van der Waals surface area (Å²) in [6.45, 7) is 4.46. The Morgan fingerprint density at radius 2 is 1.81 bits per heavy atom. The van der Waals surface area contributed by atoms with Gasteiger partial charge in [0, 0.05) is 36.1 Å². The summed E-state index contributed by atoms with van der Waals surface area (Å²) in [6.07, 6.45) is 9.27. The highest BCUT2D eigenvalue weighted by molar-refractivity contribution is 7.91. The Kier molecular flexibility index (Phi) is 7.71. The monoisotopic (exact) mass is 522 g/mol. The molecule has 3 heterocycles. The summed E-state index contributed by atoms with van der Waals surface area (Å²) in [7, 11) is -3.32. The number of rotatable bonds is 8. The van der Waals surface area contributed by atoms with E-state index in [0.29, 0.717) is 41.1 Å². The van der Waals surface area contributed by atoms with E-state index in [1.54, 1.807) is 43.6 Å². The first kappa shape index (κ1) is 25.6. The molecule has 0 radical (unpaired) electrons. The summed E-state index contributed by atoms with van der Waals surface area (Å²) in [5.41, 5.74) is 2.60. The highest BCUT2D eigenvalue weighted by Crippen LogP contribution is 2.32. The molecule has 5 rings (SSSR count). The largest absolute Gasteiger partial charge is 0.441 e. The molecule has 1 aliphatic carbocycles. The molecule has 2 aliphatic rings. The molecule has 0 atom stereocenters. The molecule has 1 saturated heterocycles. The van der Waals surface area contributed by atoms with Gasteiger partial charge in [0.2, 0.25) is 5.89 Å². The second-order valence-corrected chi connectivity index (χ2v) is 12.4. The van der Waals surface area contributed by atoms with E-state index in [4.69, 9.17) is 4.42 Å². The van der Waals surface area contributed by atoms with Crippen LogP contribution in [0, 0.1) is 6.92 Å². The number of likely N-dealkylation sites (tertiary alicyclic amines) is 1. The summed E-state index contributed by atoms with van der Waals surface area (Å²) >= 11 is 0. The standard InChI is InChI=1S/C28H34N4O4S/c1-20-26(19-37(34,35)25-12-10-24(11-13-25)32-15-2-3-16-32)31-28(36-20)23-8-6-22(7-9-23)27(33)30-18-21-5-4-14-29-17-21/h4-9,14,17,24-25H,2-3,10-13,15-16,18-19H2,1H3,(H,30,33)/t24-,25-. The molecular formula is C28H34N4O4S. The smallest absolute Gasteiger partial charge is 0.251 e. The van der Waals surface area contributed by atoms with Crippen LogP contribution in [0.25, 0.3) is 11.5 Å². The van der Waals surface area contributed by atoms with Gasteiger partial charge in [-0.1, -0.05) is 6.07 Å². The van der Waals surface area contributed by atoms with E-state index in [9.17, 15) is 13.2 Å². The third-order valence-electron chi connectivity index (χ3n) is 7.61. The van der Waals surface area contributed by atoms with Crippen molar-refractivity contribution in [2.45, 2.75) is 69.0 Å². The van der Waals surface area contributed by atoms with Crippen LogP contribution in [-0.4, -0.2) is 53.6 Å². The van der Waals surface area contributed by atoms with Gasteiger partial charge in [-0.25, -0.2) is 13.4 Å². The van der Waals surface area contributed by atoms with E-state index >= 15 is 0 Å². The molecule has 0 unspecified atom stereocenters. The van der Waals surface area contributed by atoms with Crippen LogP contribution in [0.5, 0.6) is 0 Å². The Hall–Kier alpha value is -3.04. The number of aryl methyl sites for hydroxylation is 1. The Morgan fingerprint density at radius 1 is 1.08 bits per heavy atom. The number of carbonyl (C=O) groups excluding carboxylic acids is 1. The minimum absolute atomic E-state index is 0.101. The molecule has 1 aliphatic heterocycles. The molecule has 0 spiro atoms. The number of pyridine rings is 1. The molecule has 1 amide bonds. The van der Waals surface area contributed by atoms with E-state index in [1.165, 1.54) is 12.8 Å². The first-order valence-electron chi connectivity index (χ1n) is 13.1. The molecule has 3 aromatic rings. The van der Waals surface area contributed by atoms with Gasteiger partial charge in [-0.2, -0.15) is 0 Å². The van der Waals surface area contributed by atoms with Crippen LogP contribution < -0.4 is 5.32 Å². The van der Waals surface area contributed by atoms with Gasteiger partial charge in [0.05, 0.1) is 16.7 Å². The lowest BCUT2D eigenvalue weighted by atomic mass is 9.94. The quantitative estimate of drug-likeness (QED) is 0.470. The van der Waals surface area contributed by atoms with E-state index in [-0.39, 0.29) is 16.9 Å². The van der Waals surface area contributed by atoms with Crippen molar-refractivity contribution in [2.24, 2.45) is 0 Å². The minimum atomic E-state index is -3.32. The van der Waals surface area contributed by atoms with Gasteiger partial charge < -0.3 is 14.6 Å². The molecule has 0 bridgehead atoms. The number of aromatic nitrogens is 2. The van der Waals surface area contributed by atoms with Crippen molar-refractivity contribution in [3.63, 3.8) is 0 Å². The zero-order chi connectivity index (χ0) is 25.8. The van der Waals surface area contributed by atoms with Crippen molar-refractivity contribution in [1.29, 1.82) is 0 Å². The fourth-order valence-electron chi connectivity index (χ4n) is 5.42. The average molecular weight is 523 g/mol.